The number of carbonyl (C=O) groups excluding carboxylic acids is 2. The fourth-order valence-corrected chi connectivity index (χ4v) is 10.6. The molecule has 0 saturated carbocycles. The van der Waals surface area contributed by atoms with Gasteiger partial charge in [0, 0.05) is 98.7 Å². The summed E-state index contributed by atoms with van der Waals surface area (Å²) in [7, 11) is 0. The summed E-state index contributed by atoms with van der Waals surface area (Å²) in [6.07, 6.45) is 8.87. The number of aliphatic hydroxyl groups is 2. The van der Waals surface area contributed by atoms with Crippen LogP contribution in [0.4, 0.5) is 8.78 Å². The lowest BCUT2D eigenvalue weighted by atomic mass is 9.88. The van der Waals surface area contributed by atoms with Crippen LogP contribution in [0.5, 0.6) is 0 Å². The van der Waals surface area contributed by atoms with Crippen LogP contribution in [0.2, 0.25) is 0 Å². The molecule has 14 heteroatoms. The minimum absolute atomic E-state index is 0.0654. The molecular weight excluding hydrogens is 819 g/mol. The molecule has 340 valence electrons. The van der Waals surface area contributed by atoms with Crippen molar-refractivity contribution in [3.63, 3.8) is 0 Å². The molecule has 2 aromatic heterocycles. The van der Waals surface area contributed by atoms with Crippen LogP contribution in [0.25, 0.3) is 12.2 Å². The number of benzene rings is 2. The first kappa shape index (κ1) is 46.5. The van der Waals surface area contributed by atoms with Crippen LogP contribution >= 0.6 is 0 Å². The molecule has 0 radical (unpaired) electrons. The molecule has 0 bridgehead atoms. The molecule has 0 spiro atoms. The Balaban J connectivity index is 0.000000191. The Morgan fingerprint density at radius 1 is 0.656 bits per heavy atom. The zero-order chi connectivity index (χ0) is 45.7. The minimum Gasteiger partial charge on any atom is -0.396 e. The van der Waals surface area contributed by atoms with Crippen molar-refractivity contribution in [3.05, 3.63) is 151 Å². The van der Waals surface area contributed by atoms with Crippen LogP contribution in [0.15, 0.2) is 94.5 Å². The average molecular weight is 879 g/mol. The zero-order valence-corrected chi connectivity index (χ0v) is 37.0. The van der Waals surface area contributed by atoms with E-state index in [0.717, 1.165) is 35.4 Å². The number of nitrogens with one attached hydrogen (secondary N) is 2. The van der Waals surface area contributed by atoms with E-state index in [1.54, 1.807) is 33.4 Å². The van der Waals surface area contributed by atoms with E-state index in [2.05, 4.69) is 10.6 Å². The highest BCUT2D eigenvalue weighted by Gasteiger charge is 2.57. The number of aromatic nitrogens is 2. The lowest BCUT2D eigenvalue weighted by molar-refractivity contribution is -0.128. The van der Waals surface area contributed by atoms with Crippen LogP contribution in [0.1, 0.15) is 86.3 Å². The SMILES string of the molecule is C/C=C/c1ccc2n(c1=O)C[C@H]1[C@H](CO)[C@@H](C(=O)NCCC)N(Cc3cccc(F)c3)[C@@H]21.C/C=C\c1ccc2n(c1=O)C[C@H]1[C@H](CO)[C@@H](C(=O)NCCC)N(Cc3cccc(F)c3)[C@@H]21. The predicted octanol–water partition coefficient (Wildman–Crippen LogP) is 5.42. The maximum absolute atomic E-state index is 13.9. The van der Waals surface area contributed by atoms with Gasteiger partial charge in [-0.25, -0.2) is 8.78 Å². The molecular formula is C50H60F2N6O6. The highest BCUT2D eigenvalue weighted by molar-refractivity contribution is 5.83. The Hall–Kier alpha value is -5.54. The number of fused-ring (bicyclic) bond motifs is 6. The van der Waals surface area contributed by atoms with Crippen molar-refractivity contribution in [2.24, 2.45) is 23.7 Å². The van der Waals surface area contributed by atoms with Gasteiger partial charge in [0.1, 0.15) is 11.6 Å². The number of nitrogens with zero attached hydrogens (tertiary/aromatic N) is 4. The number of carbonyl (C=O) groups is 2. The summed E-state index contributed by atoms with van der Waals surface area (Å²) in [6, 6.07) is 18.7. The second kappa shape index (κ2) is 20.5. The van der Waals surface area contributed by atoms with Gasteiger partial charge in [-0.05, 0) is 86.3 Å². The molecule has 4 N–H and O–H groups in total. The van der Waals surface area contributed by atoms with Gasteiger partial charge in [0.05, 0.1) is 24.2 Å². The van der Waals surface area contributed by atoms with E-state index in [4.69, 9.17) is 0 Å². The Morgan fingerprint density at radius 3 is 1.41 bits per heavy atom. The van der Waals surface area contributed by atoms with Crippen LogP contribution < -0.4 is 21.8 Å². The molecule has 2 saturated heterocycles. The molecule has 2 amide bonds. The summed E-state index contributed by atoms with van der Waals surface area (Å²) in [5.41, 5.74) is 4.29. The highest BCUT2D eigenvalue weighted by atomic mass is 19.1. The first-order valence-corrected chi connectivity index (χ1v) is 22.5. The van der Waals surface area contributed by atoms with Crippen molar-refractivity contribution < 1.29 is 28.6 Å². The summed E-state index contributed by atoms with van der Waals surface area (Å²) in [4.78, 5) is 56.5. The van der Waals surface area contributed by atoms with Crippen LogP contribution in [-0.4, -0.2) is 79.3 Å². The third-order valence-electron chi connectivity index (χ3n) is 13.3. The third kappa shape index (κ3) is 9.06. The number of allylic oxidation sites excluding steroid dienone is 2. The normalized spacial score (nSPS) is 24.6. The van der Waals surface area contributed by atoms with E-state index < -0.39 is 12.1 Å². The molecule has 4 aliphatic heterocycles. The summed E-state index contributed by atoms with van der Waals surface area (Å²) in [5, 5.41) is 26.6. The maximum atomic E-state index is 13.9. The predicted molar refractivity (Wildman–Crippen MR) is 242 cm³/mol. The first-order chi connectivity index (χ1) is 31.0. The van der Waals surface area contributed by atoms with Gasteiger partial charge in [0.15, 0.2) is 0 Å². The summed E-state index contributed by atoms with van der Waals surface area (Å²) in [6.45, 7) is 10.1. The fourth-order valence-electron chi connectivity index (χ4n) is 10.6. The smallest absolute Gasteiger partial charge is 0.258 e. The molecule has 2 fully saturated rings. The van der Waals surface area contributed by atoms with Gasteiger partial charge in [-0.1, -0.05) is 62.4 Å². The molecule has 64 heavy (non-hydrogen) atoms. The lowest BCUT2D eigenvalue weighted by Gasteiger charge is -2.31. The van der Waals surface area contributed by atoms with Crippen LogP contribution in [0, 0.1) is 35.3 Å². The highest BCUT2D eigenvalue weighted by Crippen LogP contribution is 2.51. The van der Waals surface area contributed by atoms with Crippen LogP contribution in [-0.2, 0) is 35.8 Å². The quantitative estimate of drug-likeness (QED) is 0.131. The number of likely N-dealkylation sites (tertiary alicyclic amines) is 2. The number of pyridine rings is 2. The van der Waals surface area contributed by atoms with E-state index >= 15 is 0 Å². The summed E-state index contributed by atoms with van der Waals surface area (Å²) >= 11 is 0. The van der Waals surface area contributed by atoms with E-state index in [9.17, 15) is 38.2 Å². The van der Waals surface area contributed by atoms with Gasteiger partial charge >= 0.3 is 0 Å². The number of rotatable bonds is 14. The van der Waals surface area contributed by atoms with E-state index in [-0.39, 0.29) is 83.5 Å². The van der Waals surface area contributed by atoms with Gasteiger partial charge in [0.2, 0.25) is 11.8 Å². The number of aliphatic hydroxyl groups excluding tert-OH is 2. The number of hydrogen-bond acceptors (Lipinski definition) is 8. The Morgan fingerprint density at radius 2 is 1.06 bits per heavy atom. The van der Waals surface area contributed by atoms with Gasteiger partial charge in [-0.3, -0.25) is 29.0 Å². The molecule has 8 rings (SSSR count). The number of hydrogen-bond donors (Lipinski definition) is 4. The largest absolute Gasteiger partial charge is 0.396 e. The summed E-state index contributed by atoms with van der Waals surface area (Å²) in [5.74, 6) is -1.73. The second-order valence-electron chi connectivity index (χ2n) is 17.2. The van der Waals surface area contributed by atoms with Crippen molar-refractivity contribution in [3.8, 4) is 0 Å². The van der Waals surface area contributed by atoms with Gasteiger partial charge in [-0.15, -0.1) is 0 Å². The van der Waals surface area contributed by atoms with E-state index in [0.29, 0.717) is 50.4 Å². The minimum atomic E-state index is -0.552. The second-order valence-corrected chi connectivity index (χ2v) is 17.2. The Bertz CT molecular complexity index is 2330. The molecule has 4 aromatic rings. The van der Waals surface area contributed by atoms with Crippen molar-refractivity contribution in [1.29, 1.82) is 0 Å². The lowest BCUT2D eigenvalue weighted by Crippen LogP contribution is -2.48. The molecule has 4 aliphatic rings. The summed E-state index contributed by atoms with van der Waals surface area (Å²) < 4.78 is 31.3. The Labute approximate surface area is 372 Å². The van der Waals surface area contributed by atoms with Crippen molar-refractivity contribution >= 4 is 24.0 Å². The molecule has 0 unspecified atom stereocenters. The first-order valence-electron chi connectivity index (χ1n) is 22.5. The Kier molecular flexibility index (Phi) is 14.9. The van der Waals surface area contributed by atoms with Crippen molar-refractivity contribution in [1.82, 2.24) is 29.6 Å². The molecule has 6 heterocycles. The van der Waals surface area contributed by atoms with Crippen LogP contribution in [0.3, 0.4) is 0 Å². The molecule has 0 aliphatic carbocycles. The molecule has 12 nitrogen and oxygen atoms in total. The monoisotopic (exact) mass is 878 g/mol. The number of amides is 2. The average Bonchev–Trinajstić information content (AvgIpc) is 4.02. The maximum Gasteiger partial charge on any atom is 0.258 e. The topological polar surface area (TPSA) is 149 Å². The zero-order valence-electron chi connectivity index (χ0n) is 37.0. The van der Waals surface area contributed by atoms with Gasteiger partial charge < -0.3 is 30.0 Å². The van der Waals surface area contributed by atoms with Crippen molar-refractivity contribution in [2.75, 3.05) is 26.3 Å². The molecule has 2 aromatic carbocycles. The van der Waals surface area contributed by atoms with Gasteiger partial charge in [-0.2, -0.15) is 0 Å². The van der Waals surface area contributed by atoms with Gasteiger partial charge in [0.25, 0.3) is 11.1 Å². The third-order valence-corrected chi connectivity index (χ3v) is 13.3. The van der Waals surface area contributed by atoms with E-state index in [1.165, 1.54) is 24.3 Å². The molecule has 8 atom stereocenters. The number of halogens is 2. The fraction of sp³-hybridized carbons (Fsp3) is 0.440. The standard InChI is InChI=1S/2C25H30FN3O3/c2*1-3-6-17-9-10-21-22-19(14-28(21)25(17)32)20(15-30)23(24(31)27-11-4-2)29(22)13-16-7-5-8-18(26)12-16/h2*3,5-10,12,19-20,22-23,30H,4,11,13-15H2,1-2H3,(H,27,31)/b6-3+;6-3-/t2*19-,20-,22+,23-/m00/s1. The van der Waals surface area contributed by atoms with E-state index in [1.807, 2.05) is 86.0 Å². The van der Waals surface area contributed by atoms with Crippen molar-refractivity contribution in [2.45, 2.75) is 90.9 Å².